The molecule has 0 aliphatic rings. The van der Waals surface area contributed by atoms with Crippen LogP contribution in [-0.2, 0) is 11.4 Å². The van der Waals surface area contributed by atoms with Crippen molar-refractivity contribution < 1.29 is 14.3 Å². The largest absolute Gasteiger partial charge is 0.489 e. The van der Waals surface area contributed by atoms with Gasteiger partial charge in [-0.3, -0.25) is 10.1 Å². The first-order valence-electron chi connectivity index (χ1n) is 8.23. The molecule has 0 bridgehead atoms. The van der Waals surface area contributed by atoms with Crippen molar-refractivity contribution in [3.63, 3.8) is 0 Å². The highest BCUT2D eigenvalue weighted by molar-refractivity contribution is 7.15. The molecule has 5 nitrogen and oxygen atoms in total. The van der Waals surface area contributed by atoms with Gasteiger partial charge in [-0.25, -0.2) is 4.98 Å². The maximum Gasteiger partial charge on any atom is 0.264 e. The summed E-state index contributed by atoms with van der Waals surface area (Å²) in [6.45, 7) is 4.33. The summed E-state index contributed by atoms with van der Waals surface area (Å²) in [5.41, 5.74) is 2.04. The van der Waals surface area contributed by atoms with Crippen molar-refractivity contribution in [1.29, 1.82) is 0 Å². The normalized spacial score (nSPS) is 10.4. The Kier molecular flexibility index (Phi) is 5.86. The van der Waals surface area contributed by atoms with Crippen LogP contribution in [0.5, 0.6) is 11.5 Å². The number of hydrogen-bond donors (Lipinski definition) is 1. The van der Waals surface area contributed by atoms with E-state index in [4.69, 9.17) is 9.47 Å². The van der Waals surface area contributed by atoms with Gasteiger partial charge in [-0.2, -0.15) is 0 Å². The SMILES string of the molecule is Cc1nc(NC(=O)COc2ccc(OCc3ccccc3)cc2)sc1C. The maximum absolute atomic E-state index is 11.9. The van der Waals surface area contributed by atoms with Crippen LogP contribution in [0.4, 0.5) is 5.13 Å². The molecule has 0 atom stereocenters. The van der Waals surface area contributed by atoms with E-state index >= 15 is 0 Å². The van der Waals surface area contributed by atoms with Gasteiger partial charge in [-0.15, -0.1) is 11.3 Å². The van der Waals surface area contributed by atoms with Crippen molar-refractivity contribution >= 4 is 22.4 Å². The second-order valence-corrected chi connectivity index (χ2v) is 6.95. The first kappa shape index (κ1) is 17.9. The van der Waals surface area contributed by atoms with Crippen LogP contribution in [0.3, 0.4) is 0 Å². The van der Waals surface area contributed by atoms with Crippen molar-refractivity contribution in [3.8, 4) is 11.5 Å². The third-order valence-electron chi connectivity index (χ3n) is 3.72. The van der Waals surface area contributed by atoms with Gasteiger partial charge in [0.25, 0.3) is 5.91 Å². The van der Waals surface area contributed by atoms with Crippen LogP contribution in [0.1, 0.15) is 16.1 Å². The molecule has 6 heteroatoms. The van der Waals surface area contributed by atoms with Crippen molar-refractivity contribution in [2.45, 2.75) is 20.5 Å². The fraction of sp³-hybridized carbons (Fsp3) is 0.200. The lowest BCUT2D eigenvalue weighted by Gasteiger charge is -2.08. The Morgan fingerprint density at radius 3 is 2.27 bits per heavy atom. The molecule has 0 fully saturated rings. The van der Waals surface area contributed by atoms with Crippen LogP contribution in [0.15, 0.2) is 54.6 Å². The van der Waals surface area contributed by atoms with Gasteiger partial charge in [0.15, 0.2) is 11.7 Å². The van der Waals surface area contributed by atoms with E-state index in [2.05, 4.69) is 10.3 Å². The summed E-state index contributed by atoms with van der Waals surface area (Å²) >= 11 is 1.45. The summed E-state index contributed by atoms with van der Waals surface area (Å²) in [5, 5.41) is 3.34. The minimum Gasteiger partial charge on any atom is -0.489 e. The van der Waals surface area contributed by atoms with Crippen molar-refractivity contribution in [3.05, 3.63) is 70.7 Å². The van der Waals surface area contributed by atoms with Crippen molar-refractivity contribution in [2.24, 2.45) is 0 Å². The van der Waals surface area contributed by atoms with Crippen molar-refractivity contribution in [2.75, 3.05) is 11.9 Å². The predicted octanol–water partition coefficient (Wildman–Crippen LogP) is 4.36. The number of ether oxygens (including phenoxy) is 2. The summed E-state index contributed by atoms with van der Waals surface area (Å²) in [6, 6.07) is 17.2. The minimum atomic E-state index is -0.233. The number of benzene rings is 2. The molecule has 3 rings (SSSR count). The number of amides is 1. The molecular formula is C20H20N2O3S. The summed E-state index contributed by atoms with van der Waals surface area (Å²) in [5.74, 6) is 1.13. The number of carbonyl (C=O) groups is 1. The molecule has 0 spiro atoms. The molecule has 3 aromatic rings. The number of thiazole rings is 1. The first-order valence-corrected chi connectivity index (χ1v) is 9.05. The third kappa shape index (κ3) is 5.07. The zero-order valence-corrected chi connectivity index (χ0v) is 15.5. The lowest BCUT2D eigenvalue weighted by molar-refractivity contribution is -0.118. The van der Waals surface area contributed by atoms with Gasteiger partial charge in [-0.05, 0) is 43.7 Å². The molecule has 0 aliphatic carbocycles. The van der Waals surface area contributed by atoms with Crippen LogP contribution < -0.4 is 14.8 Å². The maximum atomic E-state index is 11.9. The van der Waals surface area contributed by atoms with Gasteiger partial charge >= 0.3 is 0 Å². The van der Waals surface area contributed by atoms with Gasteiger partial charge in [0.1, 0.15) is 18.1 Å². The zero-order chi connectivity index (χ0) is 18.4. The number of aromatic nitrogens is 1. The van der Waals surface area contributed by atoms with E-state index in [0.29, 0.717) is 17.5 Å². The monoisotopic (exact) mass is 368 g/mol. The van der Waals surface area contributed by atoms with Gasteiger partial charge in [0.05, 0.1) is 5.69 Å². The molecule has 134 valence electrons. The van der Waals surface area contributed by atoms with Crippen LogP contribution in [0.2, 0.25) is 0 Å². The highest BCUT2D eigenvalue weighted by Gasteiger charge is 2.08. The second kappa shape index (κ2) is 8.49. The minimum absolute atomic E-state index is 0.0676. The second-order valence-electron chi connectivity index (χ2n) is 5.74. The number of carbonyl (C=O) groups excluding carboxylic acids is 1. The standard InChI is InChI=1S/C20H20N2O3S/c1-14-15(2)26-20(21-14)22-19(23)13-25-18-10-8-17(9-11-18)24-12-16-6-4-3-5-7-16/h3-11H,12-13H2,1-2H3,(H,21,22,23). The Hall–Kier alpha value is -2.86. The van der Waals surface area contributed by atoms with Gasteiger partial charge in [-0.1, -0.05) is 30.3 Å². The molecule has 1 N–H and O–H groups in total. The van der Waals surface area contributed by atoms with Crippen molar-refractivity contribution in [1.82, 2.24) is 4.98 Å². The van der Waals surface area contributed by atoms with E-state index in [1.54, 1.807) is 12.1 Å². The summed E-state index contributed by atoms with van der Waals surface area (Å²) < 4.78 is 11.2. The Labute approximate surface area is 156 Å². The molecule has 26 heavy (non-hydrogen) atoms. The Morgan fingerprint density at radius 1 is 1.00 bits per heavy atom. The number of nitrogens with one attached hydrogen (secondary N) is 1. The van der Waals surface area contributed by atoms with E-state index in [9.17, 15) is 4.79 Å². The van der Waals surface area contributed by atoms with Crippen LogP contribution in [0.25, 0.3) is 0 Å². The quantitative estimate of drug-likeness (QED) is 0.673. The number of rotatable bonds is 7. The fourth-order valence-electron chi connectivity index (χ4n) is 2.20. The number of nitrogens with zero attached hydrogens (tertiary/aromatic N) is 1. The molecule has 0 aliphatic heterocycles. The smallest absolute Gasteiger partial charge is 0.264 e. The third-order valence-corrected chi connectivity index (χ3v) is 4.71. The summed E-state index contributed by atoms with van der Waals surface area (Å²) in [4.78, 5) is 17.3. The van der Waals surface area contributed by atoms with E-state index in [-0.39, 0.29) is 12.5 Å². The average Bonchev–Trinajstić information content (AvgIpc) is 2.97. The highest BCUT2D eigenvalue weighted by atomic mass is 32.1. The topological polar surface area (TPSA) is 60.5 Å². The zero-order valence-electron chi connectivity index (χ0n) is 14.7. The molecule has 1 amide bonds. The molecule has 2 aromatic carbocycles. The van der Waals surface area contributed by atoms with Crippen LogP contribution in [0, 0.1) is 13.8 Å². The molecule has 0 saturated carbocycles. The number of aryl methyl sites for hydroxylation is 2. The number of anilines is 1. The molecule has 0 radical (unpaired) electrons. The van der Waals surface area contributed by atoms with Gasteiger partial charge in [0, 0.05) is 4.88 Å². The van der Waals surface area contributed by atoms with E-state index in [0.717, 1.165) is 21.9 Å². The van der Waals surface area contributed by atoms with Crippen LogP contribution >= 0.6 is 11.3 Å². The lowest BCUT2D eigenvalue weighted by Crippen LogP contribution is -2.20. The molecule has 1 heterocycles. The van der Waals surface area contributed by atoms with E-state index in [1.165, 1.54) is 11.3 Å². The lowest BCUT2D eigenvalue weighted by atomic mass is 10.2. The number of hydrogen-bond acceptors (Lipinski definition) is 5. The molecular weight excluding hydrogens is 348 g/mol. The van der Waals surface area contributed by atoms with E-state index in [1.807, 2.05) is 56.3 Å². The first-order chi connectivity index (χ1) is 12.6. The summed E-state index contributed by atoms with van der Waals surface area (Å²) in [6.07, 6.45) is 0. The van der Waals surface area contributed by atoms with E-state index < -0.39 is 0 Å². The van der Waals surface area contributed by atoms with Gasteiger partial charge in [0.2, 0.25) is 0 Å². The van der Waals surface area contributed by atoms with Crippen LogP contribution in [-0.4, -0.2) is 17.5 Å². The molecule has 0 unspecified atom stereocenters. The summed E-state index contributed by atoms with van der Waals surface area (Å²) in [7, 11) is 0. The highest BCUT2D eigenvalue weighted by Crippen LogP contribution is 2.21. The average molecular weight is 368 g/mol. The Balaban J connectivity index is 1.45. The predicted molar refractivity (Wildman–Crippen MR) is 103 cm³/mol. The Bertz CT molecular complexity index is 841. The Morgan fingerprint density at radius 2 is 1.65 bits per heavy atom. The van der Waals surface area contributed by atoms with Gasteiger partial charge < -0.3 is 9.47 Å². The fourth-order valence-corrected chi connectivity index (χ4v) is 3.03. The molecule has 1 aromatic heterocycles. The molecule has 0 saturated heterocycles.